The molecule has 80 heavy (non-hydrogen) atoms. The van der Waals surface area contributed by atoms with Gasteiger partial charge in [-0.1, -0.05) is 237 Å². The lowest BCUT2D eigenvalue weighted by atomic mass is 9.70. The molecular formula is C75H72N2OSi2. The lowest BCUT2D eigenvalue weighted by molar-refractivity contribution is 0.590. The van der Waals surface area contributed by atoms with Crippen molar-refractivity contribution in [3.63, 3.8) is 0 Å². The van der Waals surface area contributed by atoms with Crippen molar-refractivity contribution in [2.45, 2.75) is 97.1 Å². The fraction of sp³-hybridized carbons (Fsp3) is 0.200. The van der Waals surface area contributed by atoms with E-state index in [1.807, 2.05) is 0 Å². The van der Waals surface area contributed by atoms with Gasteiger partial charge in [0.15, 0.2) is 5.58 Å². The van der Waals surface area contributed by atoms with Crippen molar-refractivity contribution in [1.82, 2.24) is 0 Å². The summed E-state index contributed by atoms with van der Waals surface area (Å²) < 4.78 is 7.44. The van der Waals surface area contributed by atoms with Crippen LogP contribution in [0.3, 0.4) is 0 Å². The van der Waals surface area contributed by atoms with Gasteiger partial charge in [0, 0.05) is 39.2 Å². The summed E-state index contributed by atoms with van der Waals surface area (Å²) in [5, 5.41) is 5.10. The highest BCUT2D eigenvalue weighted by Crippen LogP contribution is 2.67. The molecule has 2 aliphatic carbocycles. The normalized spacial score (nSPS) is 13.6. The van der Waals surface area contributed by atoms with Gasteiger partial charge in [-0.25, -0.2) is 0 Å². The molecule has 0 aliphatic heterocycles. The van der Waals surface area contributed by atoms with Crippen LogP contribution in [0.15, 0.2) is 223 Å². The van der Waals surface area contributed by atoms with Gasteiger partial charge in [-0.3, -0.25) is 0 Å². The van der Waals surface area contributed by atoms with E-state index in [9.17, 15) is 0 Å². The number of benzene rings is 10. The molecule has 0 unspecified atom stereocenters. The molecule has 11 aromatic rings. The zero-order chi connectivity index (χ0) is 55.7. The van der Waals surface area contributed by atoms with E-state index in [0.29, 0.717) is 0 Å². The number of para-hydroxylation sites is 1. The van der Waals surface area contributed by atoms with Crippen molar-refractivity contribution >= 4 is 82.6 Å². The second-order valence-corrected chi connectivity index (χ2v) is 36.8. The van der Waals surface area contributed by atoms with Crippen molar-refractivity contribution < 1.29 is 4.42 Å². The van der Waals surface area contributed by atoms with Crippen LogP contribution in [-0.4, -0.2) is 16.1 Å². The topological polar surface area (TPSA) is 19.6 Å². The van der Waals surface area contributed by atoms with Crippen LogP contribution in [0.25, 0.3) is 55.3 Å². The average Bonchev–Trinajstić information content (AvgIpc) is 3.95. The first-order valence-electron chi connectivity index (χ1n) is 28.7. The molecule has 0 atom stereocenters. The van der Waals surface area contributed by atoms with E-state index in [2.05, 4.69) is 309 Å². The summed E-state index contributed by atoms with van der Waals surface area (Å²) in [6.45, 7) is 28.4. The van der Waals surface area contributed by atoms with Crippen molar-refractivity contribution in [3.05, 3.63) is 252 Å². The standard InChI is InChI=1S/C75H72N2OSi2/c1-73(2,3)50-30-34-52(35-31-50)76(53-38-42-57(43-39-53)79(7,8)9)56-46-62(49-22-14-13-15-23-49)69-65(47-56)75(63-27-19-16-24-59(63)60-25-17-20-28-64(60)75)66-48-67(72-70(71(66)69)61-26-18-21-29-68(61)78-72)77(54-36-32-51(33-37-54)74(4,5)6)55-40-44-58(45-41-55)80(10,11)12/h13-48H,1-12H3. The van der Waals surface area contributed by atoms with E-state index in [-0.39, 0.29) is 10.8 Å². The molecule has 3 nitrogen and oxygen atoms in total. The van der Waals surface area contributed by atoms with Crippen molar-refractivity contribution in [1.29, 1.82) is 0 Å². The summed E-state index contributed by atoms with van der Waals surface area (Å²) in [4.78, 5) is 4.99. The summed E-state index contributed by atoms with van der Waals surface area (Å²) in [7, 11) is -3.25. The average molecular weight is 1070 g/mol. The Labute approximate surface area is 476 Å². The lowest BCUT2D eigenvalue weighted by Gasteiger charge is -2.34. The molecule has 0 bridgehead atoms. The molecule has 1 aromatic heterocycles. The predicted octanol–water partition coefficient (Wildman–Crippen LogP) is 20.2. The van der Waals surface area contributed by atoms with Crippen molar-refractivity contribution in [2.24, 2.45) is 0 Å². The number of hydrogen-bond acceptors (Lipinski definition) is 3. The number of furan rings is 1. The molecule has 0 radical (unpaired) electrons. The van der Waals surface area contributed by atoms with Gasteiger partial charge < -0.3 is 14.2 Å². The fourth-order valence-corrected chi connectivity index (χ4v) is 15.4. The molecule has 0 saturated carbocycles. The largest absolute Gasteiger partial charge is 0.454 e. The number of hydrogen-bond donors (Lipinski definition) is 0. The smallest absolute Gasteiger partial charge is 0.160 e. The Morgan fingerprint density at radius 1 is 0.375 bits per heavy atom. The van der Waals surface area contributed by atoms with E-state index in [4.69, 9.17) is 4.42 Å². The molecule has 396 valence electrons. The Morgan fingerprint density at radius 2 is 0.812 bits per heavy atom. The maximum Gasteiger partial charge on any atom is 0.160 e. The summed E-state index contributed by atoms with van der Waals surface area (Å²) in [5.74, 6) is 0. The highest BCUT2D eigenvalue weighted by molar-refractivity contribution is 6.89. The Kier molecular flexibility index (Phi) is 11.9. The van der Waals surface area contributed by atoms with Crippen molar-refractivity contribution in [3.8, 4) is 33.4 Å². The van der Waals surface area contributed by atoms with Gasteiger partial charge in [-0.15, -0.1) is 0 Å². The van der Waals surface area contributed by atoms with E-state index < -0.39 is 21.6 Å². The molecule has 1 spiro atoms. The predicted molar refractivity (Wildman–Crippen MR) is 348 cm³/mol. The number of nitrogens with zero attached hydrogens (tertiary/aromatic N) is 2. The zero-order valence-electron chi connectivity index (χ0n) is 48.6. The van der Waals surface area contributed by atoms with E-state index in [1.54, 1.807) is 0 Å². The summed E-state index contributed by atoms with van der Waals surface area (Å²) in [5.41, 5.74) is 22.6. The molecule has 0 fully saturated rings. The van der Waals surface area contributed by atoms with Crippen LogP contribution >= 0.6 is 0 Å². The van der Waals surface area contributed by atoms with E-state index >= 15 is 0 Å². The minimum absolute atomic E-state index is 0.00212. The summed E-state index contributed by atoms with van der Waals surface area (Å²) >= 11 is 0. The molecule has 5 heteroatoms. The van der Waals surface area contributed by atoms with Crippen LogP contribution in [0.5, 0.6) is 0 Å². The molecular weight excluding hydrogens is 1000 g/mol. The van der Waals surface area contributed by atoms with Gasteiger partial charge in [-0.2, -0.15) is 0 Å². The molecule has 0 saturated heterocycles. The first kappa shape index (κ1) is 51.5. The molecule has 0 amide bonds. The van der Waals surface area contributed by atoms with Gasteiger partial charge in [0.1, 0.15) is 5.58 Å². The number of anilines is 6. The van der Waals surface area contributed by atoms with Gasteiger partial charge >= 0.3 is 0 Å². The zero-order valence-corrected chi connectivity index (χ0v) is 50.6. The second kappa shape index (κ2) is 18.6. The van der Waals surface area contributed by atoms with Crippen LogP contribution in [0, 0.1) is 0 Å². The van der Waals surface area contributed by atoms with Gasteiger partial charge in [0.05, 0.1) is 27.3 Å². The maximum atomic E-state index is 7.44. The Hall–Kier alpha value is -7.97. The lowest BCUT2D eigenvalue weighted by Crippen LogP contribution is -2.37. The summed E-state index contributed by atoms with van der Waals surface area (Å²) in [6.07, 6.45) is 0. The van der Waals surface area contributed by atoms with Gasteiger partial charge in [0.2, 0.25) is 0 Å². The fourth-order valence-electron chi connectivity index (χ4n) is 13.0. The van der Waals surface area contributed by atoms with Crippen LogP contribution < -0.4 is 20.2 Å². The van der Waals surface area contributed by atoms with E-state index in [1.165, 1.54) is 77.1 Å². The SMILES string of the molecule is CC(C)(C)c1ccc(N(c2ccc([Si](C)(C)C)cc2)c2cc(-c3ccccc3)c3c(c2)C2(c4ccccc4-c4ccccc42)c2cc(N(c4ccc(C(C)(C)C)cc4)c4ccc([Si](C)(C)C)cc4)c4oc5ccccc5c4c2-3)cc1. The van der Waals surface area contributed by atoms with Gasteiger partial charge in [0.25, 0.3) is 0 Å². The summed E-state index contributed by atoms with van der Waals surface area (Å²) in [6, 6.07) is 83.4. The molecule has 13 rings (SSSR count). The molecule has 2 aliphatic rings. The number of rotatable bonds is 9. The third-order valence-corrected chi connectivity index (χ3v) is 21.4. The maximum absolute atomic E-state index is 7.44. The molecule has 10 aromatic carbocycles. The van der Waals surface area contributed by atoms with E-state index in [0.717, 1.165) is 56.1 Å². The quantitative estimate of drug-likeness (QED) is 0.134. The monoisotopic (exact) mass is 1070 g/mol. The first-order chi connectivity index (χ1) is 38.2. The molecule has 1 heterocycles. The highest BCUT2D eigenvalue weighted by Gasteiger charge is 2.54. The third-order valence-electron chi connectivity index (χ3n) is 17.3. The van der Waals surface area contributed by atoms with Crippen LogP contribution in [0.4, 0.5) is 34.1 Å². The van der Waals surface area contributed by atoms with Crippen LogP contribution in [-0.2, 0) is 16.2 Å². The number of fused-ring (bicyclic) bond motifs is 14. The van der Waals surface area contributed by atoms with Crippen LogP contribution in [0.2, 0.25) is 39.3 Å². The Morgan fingerprint density at radius 3 is 1.31 bits per heavy atom. The Bertz CT molecular complexity index is 4020. The minimum Gasteiger partial charge on any atom is -0.454 e. The van der Waals surface area contributed by atoms with Crippen LogP contribution in [0.1, 0.15) is 74.9 Å². The first-order valence-corrected chi connectivity index (χ1v) is 35.7. The third kappa shape index (κ3) is 8.26. The Balaban J connectivity index is 1.19. The minimum atomic E-state index is -1.63. The molecule has 0 N–H and O–H groups in total. The van der Waals surface area contributed by atoms with Crippen molar-refractivity contribution in [2.75, 3.05) is 9.80 Å². The highest BCUT2D eigenvalue weighted by atomic mass is 28.3. The van der Waals surface area contributed by atoms with Gasteiger partial charge in [-0.05, 0) is 150 Å². The second-order valence-electron chi connectivity index (χ2n) is 26.6.